The summed E-state index contributed by atoms with van der Waals surface area (Å²) in [5, 5.41) is 9.18. The van der Waals surface area contributed by atoms with Gasteiger partial charge in [0, 0.05) is 24.3 Å². The van der Waals surface area contributed by atoms with Crippen LogP contribution in [0.5, 0.6) is 0 Å². The maximum Gasteiger partial charge on any atom is 0.243 e. The summed E-state index contributed by atoms with van der Waals surface area (Å²) in [5.74, 6) is -0.247. The van der Waals surface area contributed by atoms with Gasteiger partial charge in [0.2, 0.25) is 10.0 Å². The smallest absolute Gasteiger partial charge is 0.243 e. The summed E-state index contributed by atoms with van der Waals surface area (Å²) in [5.41, 5.74) is 0.973. The molecule has 1 rings (SSSR count). The number of hydrogen-bond acceptors (Lipinski definition) is 5. The molecule has 0 heterocycles. The number of sulfone groups is 1. The molecular weight excluding hydrogens is 382 g/mol. The van der Waals surface area contributed by atoms with Crippen LogP contribution < -0.4 is 0 Å². The Morgan fingerprint density at radius 1 is 1.24 bits per heavy atom. The Labute approximate surface area is 133 Å². The summed E-state index contributed by atoms with van der Waals surface area (Å²) < 4.78 is 48.9. The first-order valence-corrected chi connectivity index (χ1v) is 10.3. The molecule has 0 aliphatic heterocycles. The molecule has 0 bridgehead atoms. The molecule has 0 saturated heterocycles. The molecule has 1 N–H and O–H groups in total. The third-order valence-corrected chi connectivity index (χ3v) is 6.74. The van der Waals surface area contributed by atoms with Crippen molar-refractivity contribution < 1.29 is 21.9 Å². The van der Waals surface area contributed by atoms with Crippen molar-refractivity contribution in [1.29, 1.82) is 0 Å². The van der Waals surface area contributed by atoms with Gasteiger partial charge in [0.05, 0.1) is 17.3 Å². The summed E-state index contributed by atoms with van der Waals surface area (Å²) in [6.45, 7) is 1.23. The van der Waals surface area contributed by atoms with Crippen molar-refractivity contribution in [3.05, 3.63) is 27.7 Å². The lowest BCUT2D eigenvalue weighted by Crippen LogP contribution is -2.32. The minimum atomic E-state index is -3.82. The molecule has 0 spiro atoms. The first kappa shape index (κ1) is 18.6. The van der Waals surface area contributed by atoms with Crippen molar-refractivity contribution in [1.82, 2.24) is 4.31 Å². The number of sulfonamides is 1. The molecular formula is C12H18BrNO5S2. The van der Waals surface area contributed by atoms with Crippen molar-refractivity contribution in [2.75, 3.05) is 25.6 Å². The SMILES string of the molecule is Cc1c(Br)cc(CO)cc1S(=O)(=O)N(C)CCS(C)(=O)=O. The number of benzene rings is 1. The fourth-order valence-corrected chi connectivity index (χ4v) is 4.47. The van der Waals surface area contributed by atoms with Crippen molar-refractivity contribution in [2.45, 2.75) is 18.4 Å². The third kappa shape index (κ3) is 4.75. The Morgan fingerprint density at radius 2 is 1.81 bits per heavy atom. The van der Waals surface area contributed by atoms with E-state index in [9.17, 15) is 21.9 Å². The standard InChI is InChI=1S/C12H18BrNO5S2/c1-9-11(13)6-10(8-15)7-12(9)21(18,19)14(2)4-5-20(3,16)17/h6-7,15H,4-5,8H2,1-3H3. The van der Waals surface area contributed by atoms with E-state index in [0.29, 0.717) is 15.6 Å². The molecule has 1 aromatic rings. The van der Waals surface area contributed by atoms with Crippen LogP contribution in [0.25, 0.3) is 0 Å². The fraction of sp³-hybridized carbons (Fsp3) is 0.500. The Morgan fingerprint density at radius 3 is 2.29 bits per heavy atom. The average Bonchev–Trinajstić information content (AvgIpc) is 2.37. The molecule has 21 heavy (non-hydrogen) atoms. The van der Waals surface area contributed by atoms with Crippen LogP contribution in [0.1, 0.15) is 11.1 Å². The van der Waals surface area contributed by atoms with E-state index in [1.54, 1.807) is 13.0 Å². The van der Waals surface area contributed by atoms with Gasteiger partial charge < -0.3 is 5.11 Å². The summed E-state index contributed by atoms with van der Waals surface area (Å²) in [4.78, 5) is 0.0527. The largest absolute Gasteiger partial charge is 0.392 e. The molecule has 1 aromatic carbocycles. The van der Waals surface area contributed by atoms with Crippen molar-refractivity contribution in [2.24, 2.45) is 0 Å². The molecule has 120 valence electrons. The number of hydrogen-bond donors (Lipinski definition) is 1. The molecule has 0 aliphatic rings. The number of rotatable bonds is 6. The van der Waals surface area contributed by atoms with E-state index in [-0.39, 0.29) is 23.8 Å². The minimum Gasteiger partial charge on any atom is -0.392 e. The van der Waals surface area contributed by atoms with Crippen LogP contribution >= 0.6 is 15.9 Å². The summed E-state index contributed by atoms with van der Waals surface area (Å²) in [6, 6.07) is 3.04. The highest BCUT2D eigenvalue weighted by Gasteiger charge is 2.25. The third-order valence-electron chi connectivity index (χ3n) is 3.00. The van der Waals surface area contributed by atoms with E-state index in [4.69, 9.17) is 0 Å². The van der Waals surface area contributed by atoms with Gasteiger partial charge >= 0.3 is 0 Å². The number of aliphatic hydroxyl groups excluding tert-OH is 1. The number of halogens is 1. The lowest BCUT2D eigenvalue weighted by molar-refractivity contribution is 0.281. The van der Waals surface area contributed by atoms with Gasteiger partial charge in [-0.15, -0.1) is 0 Å². The predicted octanol–water partition coefficient (Wildman–Crippen LogP) is 0.915. The second-order valence-corrected chi connectivity index (χ2v) is 9.94. The predicted molar refractivity (Wildman–Crippen MR) is 84.3 cm³/mol. The number of aliphatic hydroxyl groups is 1. The lowest BCUT2D eigenvalue weighted by Gasteiger charge is -2.19. The first-order chi connectivity index (χ1) is 9.49. The van der Waals surface area contributed by atoms with Crippen molar-refractivity contribution in [3.8, 4) is 0 Å². The second-order valence-electron chi connectivity index (χ2n) is 4.82. The van der Waals surface area contributed by atoms with Gasteiger partial charge in [-0.2, -0.15) is 4.31 Å². The maximum absolute atomic E-state index is 12.5. The van der Waals surface area contributed by atoms with E-state index >= 15 is 0 Å². The molecule has 0 aromatic heterocycles. The Bertz CT molecular complexity index is 728. The molecule has 0 unspecified atom stereocenters. The summed E-state index contributed by atoms with van der Waals surface area (Å²) >= 11 is 3.26. The van der Waals surface area contributed by atoms with Crippen LogP contribution in [-0.4, -0.2) is 51.8 Å². The molecule has 0 aliphatic carbocycles. The van der Waals surface area contributed by atoms with E-state index in [2.05, 4.69) is 15.9 Å². The van der Waals surface area contributed by atoms with Crippen LogP contribution in [0.4, 0.5) is 0 Å². The van der Waals surface area contributed by atoms with Crippen LogP contribution in [0.2, 0.25) is 0 Å². The zero-order valence-corrected chi connectivity index (χ0v) is 15.2. The zero-order chi connectivity index (χ0) is 16.4. The average molecular weight is 400 g/mol. The minimum absolute atomic E-state index is 0.0527. The Hall–Kier alpha value is -0.480. The second kappa shape index (κ2) is 6.74. The Balaban J connectivity index is 3.21. The van der Waals surface area contributed by atoms with Gasteiger partial charge in [-0.25, -0.2) is 16.8 Å². The molecule has 0 atom stereocenters. The monoisotopic (exact) mass is 399 g/mol. The van der Waals surface area contributed by atoms with Crippen LogP contribution in [0, 0.1) is 6.92 Å². The van der Waals surface area contributed by atoms with E-state index in [1.165, 1.54) is 13.1 Å². The first-order valence-electron chi connectivity index (χ1n) is 6.03. The molecule has 0 saturated carbocycles. The number of nitrogens with zero attached hydrogens (tertiary/aromatic N) is 1. The van der Waals surface area contributed by atoms with Gasteiger partial charge in [0.15, 0.2) is 0 Å². The summed E-state index contributed by atoms with van der Waals surface area (Å²) in [7, 11) is -5.73. The molecule has 9 heteroatoms. The molecule has 6 nitrogen and oxygen atoms in total. The lowest BCUT2D eigenvalue weighted by atomic mass is 10.2. The maximum atomic E-state index is 12.5. The molecule has 0 radical (unpaired) electrons. The van der Waals surface area contributed by atoms with E-state index < -0.39 is 19.9 Å². The molecule has 0 fully saturated rings. The normalized spacial score (nSPS) is 12.9. The van der Waals surface area contributed by atoms with Gasteiger partial charge in [-0.1, -0.05) is 15.9 Å². The highest BCUT2D eigenvalue weighted by Crippen LogP contribution is 2.27. The summed E-state index contributed by atoms with van der Waals surface area (Å²) in [6.07, 6.45) is 1.06. The van der Waals surface area contributed by atoms with Gasteiger partial charge in [-0.3, -0.25) is 0 Å². The van der Waals surface area contributed by atoms with Crippen molar-refractivity contribution >= 4 is 35.8 Å². The van der Waals surface area contributed by atoms with Crippen LogP contribution in [0.3, 0.4) is 0 Å². The molecule has 0 amide bonds. The van der Waals surface area contributed by atoms with Gasteiger partial charge in [0.25, 0.3) is 0 Å². The van der Waals surface area contributed by atoms with Crippen LogP contribution in [-0.2, 0) is 26.5 Å². The van der Waals surface area contributed by atoms with Gasteiger partial charge in [0.1, 0.15) is 9.84 Å². The van der Waals surface area contributed by atoms with E-state index in [0.717, 1.165) is 10.6 Å². The topological polar surface area (TPSA) is 91.8 Å². The highest BCUT2D eigenvalue weighted by atomic mass is 79.9. The fourth-order valence-electron chi connectivity index (χ4n) is 1.65. The zero-order valence-electron chi connectivity index (χ0n) is 12.0. The van der Waals surface area contributed by atoms with Crippen molar-refractivity contribution in [3.63, 3.8) is 0 Å². The Kier molecular flexibility index (Phi) is 5.96. The quantitative estimate of drug-likeness (QED) is 0.767. The van der Waals surface area contributed by atoms with Gasteiger partial charge in [-0.05, 0) is 30.2 Å². The van der Waals surface area contributed by atoms with E-state index in [1.807, 2.05) is 0 Å². The highest BCUT2D eigenvalue weighted by molar-refractivity contribution is 9.10. The van der Waals surface area contributed by atoms with Crippen LogP contribution in [0.15, 0.2) is 21.5 Å².